The molecule has 0 aliphatic rings. The molecule has 88 valence electrons. The first-order valence-electron chi connectivity index (χ1n) is 5.13. The molecule has 0 unspecified atom stereocenters. The first kappa shape index (κ1) is 12.4. The van der Waals surface area contributed by atoms with Crippen LogP contribution in [0.25, 0.3) is 6.08 Å². The van der Waals surface area contributed by atoms with Gasteiger partial charge in [-0.15, -0.1) is 0 Å². The van der Waals surface area contributed by atoms with Gasteiger partial charge < -0.3 is 14.5 Å². The van der Waals surface area contributed by atoms with E-state index >= 15 is 0 Å². The molecule has 1 heterocycles. The fourth-order valence-electron chi connectivity index (χ4n) is 1.02. The molecule has 4 nitrogen and oxygen atoms in total. The second kappa shape index (κ2) is 5.39. The van der Waals surface area contributed by atoms with E-state index in [-0.39, 0.29) is 0 Å². The van der Waals surface area contributed by atoms with Gasteiger partial charge in [-0.3, -0.25) is 0 Å². The SMILES string of the molecule is CC(C)(C)OC(=O)NCC=Cc1ccoc1. The fourth-order valence-corrected chi connectivity index (χ4v) is 1.02. The Bertz CT molecular complexity index is 347. The van der Waals surface area contributed by atoms with E-state index < -0.39 is 11.7 Å². The Kier molecular flexibility index (Phi) is 4.17. The topological polar surface area (TPSA) is 51.5 Å². The van der Waals surface area contributed by atoms with Crippen molar-refractivity contribution in [2.45, 2.75) is 26.4 Å². The van der Waals surface area contributed by atoms with Gasteiger partial charge in [0, 0.05) is 12.1 Å². The zero-order chi connectivity index (χ0) is 12.0. The molecular weight excluding hydrogens is 206 g/mol. The maximum absolute atomic E-state index is 11.2. The highest BCUT2D eigenvalue weighted by atomic mass is 16.6. The number of hydrogen-bond acceptors (Lipinski definition) is 3. The van der Waals surface area contributed by atoms with Crippen LogP contribution in [-0.4, -0.2) is 18.2 Å². The lowest BCUT2D eigenvalue weighted by molar-refractivity contribution is 0.0534. The minimum Gasteiger partial charge on any atom is -0.472 e. The van der Waals surface area contributed by atoms with E-state index in [2.05, 4.69) is 5.32 Å². The molecular formula is C12H17NO3. The van der Waals surface area contributed by atoms with Crippen molar-refractivity contribution in [2.24, 2.45) is 0 Å². The predicted molar refractivity (Wildman–Crippen MR) is 62.0 cm³/mol. The maximum atomic E-state index is 11.2. The third-order valence-corrected chi connectivity index (χ3v) is 1.62. The summed E-state index contributed by atoms with van der Waals surface area (Å²) in [4.78, 5) is 11.2. The molecule has 1 aromatic rings. The Morgan fingerprint density at radius 2 is 2.31 bits per heavy atom. The molecule has 0 bridgehead atoms. The molecule has 1 N–H and O–H groups in total. The highest BCUT2D eigenvalue weighted by Gasteiger charge is 2.14. The van der Waals surface area contributed by atoms with E-state index in [9.17, 15) is 4.79 Å². The van der Waals surface area contributed by atoms with Crippen LogP contribution in [0.4, 0.5) is 4.79 Å². The first-order valence-corrected chi connectivity index (χ1v) is 5.13. The molecule has 0 atom stereocenters. The van der Waals surface area contributed by atoms with Crippen molar-refractivity contribution in [2.75, 3.05) is 6.54 Å². The van der Waals surface area contributed by atoms with Crippen LogP contribution >= 0.6 is 0 Å². The average Bonchev–Trinajstić information content (AvgIpc) is 2.62. The molecule has 0 aliphatic carbocycles. The average molecular weight is 223 g/mol. The number of ether oxygens (including phenoxy) is 1. The zero-order valence-corrected chi connectivity index (χ0v) is 9.82. The minimum atomic E-state index is -0.460. The standard InChI is InChI=1S/C12H17NO3/c1-12(2,3)16-11(14)13-7-4-5-10-6-8-15-9-10/h4-6,8-9H,7H2,1-3H3,(H,13,14). The molecule has 0 saturated carbocycles. The largest absolute Gasteiger partial charge is 0.472 e. The Morgan fingerprint density at radius 1 is 1.56 bits per heavy atom. The van der Waals surface area contributed by atoms with Gasteiger partial charge in [0.1, 0.15) is 5.60 Å². The molecule has 0 radical (unpaired) electrons. The lowest BCUT2D eigenvalue weighted by Gasteiger charge is -2.19. The number of rotatable bonds is 3. The molecule has 1 aromatic heterocycles. The van der Waals surface area contributed by atoms with E-state index in [1.54, 1.807) is 12.5 Å². The van der Waals surface area contributed by atoms with Gasteiger partial charge in [0.25, 0.3) is 0 Å². The van der Waals surface area contributed by atoms with Crippen LogP contribution in [0.3, 0.4) is 0 Å². The maximum Gasteiger partial charge on any atom is 0.407 e. The number of carbonyl (C=O) groups excluding carboxylic acids is 1. The first-order chi connectivity index (χ1) is 7.47. The van der Waals surface area contributed by atoms with E-state index in [4.69, 9.17) is 9.15 Å². The summed E-state index contributed by atoms with van der Waals surface area (Å²) in [5, 5.41) is 2.62. The van der Waals surface area contributed by atoms with Gasteiger partial charge in [-0.2, -0.15) is 0 Å². The molecule has 16 heavy (non-hydrogen) atoms. The van der Waals surface area contributed by atoms with Gasteiger partial charge in [0.2, 0.25) is 0 Å². The van der Waals surface area contributed by atoms with Crippen LogP contribution in [0.1, 0.15) is 26.3 Å². The molecule has 4 heteroatoms. The molecule has 1 rings (SSSR count). The van der Waals surface area contributed by atoms with Gasteiger partial charge in [0.15, 0.2) is 0 Å². The summed E-state index contributed by atoms with van der Waals surface area (Å²) in [6.45, 7) is 5.91. The lowest BCUT2D eigenvalue weighted by Crippen LogP contribution is -2.32. The molecule has 0 aliphatic heterocycles. The summed E-state index contributed by atoms with van der Waals surface area (Å²) in [7, 11) is 0. The van der Waals surface area contributed by atoms with Crippen LogP contribution < -0.4 is 5.32 Å². The van der Waals surface area contributed by atoms with Gasteiger partial charge in [-0.25, -0.2) is 4.79 Å². The van der Waals surface area contributed by atoms with Gasteiger partial charge in [0.05, 0.1) is 12.5 Å². The summed E-state index contributed by atoms with van der Waals surface area (Å²) in [6, 6.07) is 1.84. The third kappa shape index (κ3) is 5.24. The number of carbonyl (C=O) groups is 1. The van der Waals surface area contributed by atoms with Gasteiger partial charge in [-0.05, 0) is 26.8 Å². The summed E-state index contributed by atoms with van der Waals surface area (Å²) >= 11 is 0. The van der Waals surface area contributed by atoms with Crippen molar-refractivity contribution >= 4 is 12.2 Å². The Hall–Kier alpha value is -1.71. The molecule has 1 amide bonds. The van der Waals surface area contributed by atoms with Crippen LogP contribution in [0.2, 0.25) is 0 Å². The highest BCUT2D eigenvalue weighted by molar-refractivity contribution is 5.68. The third-order valence-electron chi connectivity index (χ3n) is 1.62. The van der Waals surface area contributed by atoms with Gasteiger partial charge >= 0.3 is 6.09 Å². The van der Waals surface area contributed by atoms with Crippen molar-refractivity contribution in [1.29, 1.82) is 0 Å². The van der Waals surface area contributed by atoms with Crippen molar-refractivity contribution in [3.8, 4) is 0 Å². The normalized spacial score (nSPS) is 11.7. The van der Waals surface area contributed by atoms with Crippen LogP contribution in [0.5, 0.6) is 0 Å². The van der Waals surface area contributed by atoms with Gasteiger partial charge in [-0.1, -0.05) is 12.2 Å². The van der Waals surface area contributed by atoms with Crippen molar-refractivity contribution in [1.82, 2.24) is 5.32 Å². The summed E-state index contributed by atoms with van der Waals surface area (Å²) < 4.78 is 9.97. The van der Waals surface area contributed by atoms with Crippen LogP contribution in [-0.2, 0) is 4.74 Å². The summed E-state index contributed by atoms with van der Waals surface area (Å²) in [5.41, 5.74) is 0.504. The zero-order valence-electron chi connectivity index (χ0n) is 9.82. The second-order valence-electron chi connectivity index (χ2n) is 4.34. The van der Waals surface area contributed by atoms with E-state index in [1.165, 1.54) is 0 Å². The minimum absolute atomic E-state index is 0.413. The Labute approximate surface area is 95.3 Å². The molecule has 0 saturated heterocycles. The number of furan rings is 1. The molecule has 0 spiro atoms. The van der Waals surface area contributed by atoms with E-state index in [0.29, 0.717) is 6.54 Å². The molecule has 0 fully saturated rings. The lowest BCUT2D eigenvalue weighted by atomic mass is 10.2. The number of amides is 1. The predicted octanol–water partition coefficient (Wildman–Crippen LogP) is 2.82. The van der Waals surface area contributed by atoms with Crippen molar-refractivity contribution in [3.63, 3.8) is 0 Å². The molecule has 0 aromatic carbocycles. The number of hydrogen-bond donors (Lipinski definition) is 1. The quantitative estimate of drug-likeness (QED) is 0.857. The second-order valence-corrected chi connectivity index (χ2v) is 4.34. The number of nitrogens with one attached hydrogen (secondary N) is 1. The smallest absolute Gasteiger partial charge is 0.407 e. The summed E-state index contributed by atoms with van der Waals surface area (Å²) in [5.74, 6) is 0. The fraction of sp³-hybridized carbons (Fsp3) is 0.417. The van der Waals surface area contributed by atoms with Crippen LogP contribution in [0, 0.1) is 0 Å². The Balaban J connectivity index is 2.23. The van der Waals surface area contributed by atoms with E-state index in [1.807, 2.05) is 39.0 Å². The Morgan fingerprint density at radius 3 is 2.88 bits per heavy atom. The van der Waals surface area contributed by atoms with Crippen molar-refractivity contribution in [3.05, 3.63) is 30.2 Å². The van der Waals surface area contributed by atoms with E-state index in [0.717, 1.165) is 5.56 Å². The van der Waals surface area contributed by atoms with Crippen LogP contribution in [0.15, 0.2) is 29.1 Å². The van der Waals surface area contributed by atoms with Crippen molar-refractivity contribution < 1.29 is 13.9 Å². The monoisotopic (exact) mass is 223 g/mol. The summed E-state index contributed by atoms with van der Waals surface area (Å²) in [6.07, 6.45) is 6.50. The highest BCUT2D eigenvalue weighted by Crippen LogP contribution is 2.06. The number of alkyl carbamates (subject to hydrolysis) is 1.